The van der Waals surface area contributed by atoms with E-state index in [-0.39, 0.29) is 20.7 Å². The van der Waals surface area contributed by atoms with Gasteiger partial charge in [-0.05, 0) is 48.9 Å². The SMILES string of the molecule is COc1cccc(-c2c(OC(=O)O)sc3nc(C)cc(NS(=O)(=O)c4cccc(Cl)c4)c23)c1. The van der Waals surface area contributed by atoms with E-state index in [1.54, 1.807) is 43.3 Å². The molecule has 4 rings (SSSR count). The molecule has 0 bridgehead atoms. The lowest BCUT2D eigenvalue weighted by atomic mass is 10.0. The number of hydrogen-bond acceptors (Lipinski definition) is 7. The van der Waals surface area contributed by atoms with Crippen molar-refractivity contribution in [3.8, 4) is 21.9 Å². The number of rotatable bonds is 6. The number of ether oxygens (including phenoxy) is 2. The summed E-state index contributed by atoms with van der Waals surface area (Å²) in [4.78, 5) is 16.2. The van der Waals surface area contributed by atoms with Crippen molar-refractivity contribution in [2.45, 2.75) is 11.8 Å². The molecule has 11 heteroatoms. The molecule has 0 unspecified atom stereocenters. The molecular weight excluding hydrogens is 488 g/mol. The molecule has 0 fully saturated rings. The van der Waals surface area contributed by atoms with E-state index >= 15 is 0 Å². The molecule has 0 saturated heterocycles. The van der Waals surface area contributed by atoms with Crippen molar-refractivity contribution in [2.75, 3.05) is 11.8 Å². The maximum atomic E-state index is 13.1. The summed E-state index contributed by atoms with van der Waals surface area (Å²) in [6, 6.07) is 14.4. The Labute approximate surface area is 198 Å². The van der Waals surface area contributed by atoms with Crippen LogP contribution in [0.5, 0.6) is 10.8 Å². The Balaban J connectivity index is 1.97. The monoisotopic (exact) mass is 504 g/mol. The highest BCUT2D eigenvalue weighted by Crippen LogP contribution is 2.48. The summed E-state index contributed by atoms with van der Waals surface area (Å²) in [5, 5.41) is 10.0. The van der Waals surface area contributed by atoms with Crippen LogP contribution in [0.2, 0.25) is 5.02 Å². The third-order valence-corrected chi connectivity index (χ3v) is 7.21. The number of benzene rings is 2. The van der Waals surface area contributed by atoms with Crippen molar-refractivity contribution < 1.29 is 27.8 Å². The van der Waals surface area contributed by atoms with E-state index in [1.165, 1.54) is 25.3 Å². The molecule has 0 radical (unpaired) electrons. The molecule has 8 nitrogen and oxygen atoms in total. The minimum Gasteiger partial charge on any atom is -0.497 e. The van der Waals surface area contributed by atoms with Gasteiger partial charge < -0.3 is 14.6 Å². The van der Waals surface area contributed by atoms with Gasteiger partial charge in [0.2, 0.25) is 0 Å². The number of aromatic nitrogens is 1. The Hall–Kier alpha value is -3.34. The van der Waals surface area contributed by atoms with Crippen molar-refractivity contribution in [3.05, 3.63) is 65.3 Å². The van der Waals surface area contributed by atoms with Gasteiger partial charge in [0, 0.05) is 21.7 Å². The van der Waals surface area contributed by atoms with Crippen LogP contribution in [0.4, 0.5) is 10.5 Å². The van der Waals surface area contributed by atoms with Crippen LogP contribution in [0.15, 0.2) is 59.5 Å². The fourth-order valence-electron chi connectivity index (χ4n) is 3.31. The lowest BCUT2D eigenvalue weighted by Crippen LogP contribution is -2.13. The predicted octanol–water partition coefficient (Wildman–Crippen LogP) is 5.79. The largest absolute Gasteiger partial charge is 0.512 e. The maximum absolute atomic E-state index is 13.1. The van der Waals surface area contributed by atoms with Gasteiger partial charge in [0.05, 0.1) is 17.7 Å². The molecule has 0 aliphatic carbocycles. The molecule has 0 spiro atoms. The molecule has 2 aromatic heterocycles. The highest BCUT2D eigenvalue weighted by Gasteiger charge is 2.25. The van der Waals surface area contributed by atoms with Crippen molar-refractivity contribution in [1.82, 2.24) is 4.98 Å². The number of fused-ring (bicyclic) bond motifs is 1. The van der Waals surface area contributed by atoms with Gasteiger partial charge in [-0.1, -0.05) is 41.1 Å². The number of nitrogens with one attached hydrogen (secondary N) is 1. The summed E-state index contributed by atoms with van der Waals surface area (Å²) in [6.07, 6.45) is -1.50. The lowest BCUT2D eigenvalue weighted by molar-refractivity contribution is 0.146. The molecule has 0 amide bonds. The highest BCUT2D eigenvalue weighted by molar-refractivity contribution is 7.92. The first kappa shape index (κ1) is 22.8. The Kier molecular flexibility index (Phi) is 6.15. The summed E-state index contributed by atoms with van der Waals surface area (Å²) < 4.78 is 39.2. The highest BCUT2D eigenvalue weighted by atomic mass is 35.5. The van der Waals surface area contributed by atoms with E-state index in [0.717, 1.165) is 11.3 Å². The van der Waals surface area contributed by atoms with Crippen LogP contribution in [0.25, 0.3) is 21.3 Å². The van der Waals surface area contributed by atoms with Crippen molar-refractivity contribution >= 4 is 55.0 Å². The third-order valence-electron chi connectivity index (χ3n) is 4.65. The van der Waals surface area contributed by atoms with Crippen LogP contribution in [-0.4, -0.2) is 31.8 Å². The Bertz CT molecular complexity index is 1480. The van der Waals surface area contributed by atoms with Gasteiger partial charge in [-0.25, -0.2) is 18.2 Å². The molecule has 170 valence electrons. The number of thiophene rings is 1. The van der Waals surface area contributed by atoms with Crippen LogP contribution in [0, 0.1) is 6.92 Å². The predicted molar refractivity (Wildman–Crippen MR) is 127 cm³/mol. The Morgan fingerprint density at radius 1 is 1.15 bits per heavy atom. The van der Waals surface area contributed by atoms with Crippen molar-refractivity contribution in [3.63, 3.8) is 0 Å². The van der Waals surface area contributed by atoms with Gasteiger partial charge >= 0.3 is 6.16 Å². The molecule has 2 heterocycles. The molecule has 33 heavy (non-hydrogen) atoms. The molecule has 0 aliphatic rings. The van der Waals surface area contributed by atoms with Gasteiger partial charge in [-0.15, -0.1) is 0 Å². The smallest absolute Gasteiger partial charge is 0.497 e. The zero-order valence-corrected chi connectivity index (χ0v) is 19.7. The number of halogens is 1. The zero-order valence-electron chi connectivity index (χ0n) is 17.3. The second kappa shape index (κ2) is 8.89. The quantitative estimate of drug-likeness (QED) is 0.319. The van der Waals surface area contributed by atoms with Crippen LogP contribution in [0.3, 0.4) is 0 Å². The Morgan fingerprint density at radius 2 is 1.91 bits per heavy atom. The number of hydrogen-bond donors (Lipinski definition) is 2. The molecule has 4 aromatic rings. The van der Waals surface area contributed by atoms with Crippen LogP contribution in [-0.2, 0) is 10.0 Å². The van der Waals surface area contributed by atoms with E-state index in [1.807, 2.05) is 0 Å². The number of anilines is 1. The fraction of sp³-hybridized carbons (Fsp3) is 0.0909. The molecule has 0 aliphatic heterocycles. The normalized spacial score (nSPS) is 11.4. The van der Waals surface area contributed by atoms with E-state index < -0.39 is 16.2 Å². The summed E-state index contributed by atoms with van der Waals surface area (Å²) in [5.41, 5.74) is 1.72. The van der Waals surface area contributed by atoms with Gasteiger partial charge in [0.15, 0.2) is 5.06 Å². The molecular formula is C22H17ClN2O6S2. The number of carboxylic acid groups (broad SMARTS) is 1. The Morgan fingerprint density at radius 3 is 2.61 bits per heavy atom. The number of pyridine rings is 1. The van der Waals surface area contributed by atoms with E-state index in [0.29, 0.717) is 32.8 Å². The van der Waals surface area contributed by atoms with Crippen LogP contribution < -0.4 is 14.2 Å². The first-order chi connectivity index (χ1) is 15.7. The lowest BCUT2D eigenvalue weighted by Gasteiger charge is -2.12. The average molecular weight is 505 g/mol. The second-order valence-corrected chi connectivity index (χ2v) is 10.00. The fourth-order valence-corrected chi connectivity index (χ4v) is 5.79. The number of sulfonamides is 1. The average Bonchev–Trinajstić information content (AvgIpc) is 3.10. The van der Waals surface area contributed by atoms with E-state index in [2.05, 4.69) is 9.71 Å². The second-order valence-electron chi connectivity index (χ2n) is 6.92. The van der Waals surface area contributed by atoms with Crippen LogP contribution in [0.1, 0.15) is 5.69 Å². The zero-order chi connectivity index (χ0) is 23.8. The minimum absolute atomic E-state index is 0.0159. The molecule has 0 saturated carbocycles. The van der Waals surface area contributed by atoms with Gasteiger partial charge in [0.1, 0.15) is 10.6 Å². The van der Waals surface area contributed by atoms with E-state index in [4.69, 9.17) is 21.1 Å². The summed E-state index contributed by atoms with van der Waals surface area (Å²) >= 11 is 6.98. The van der Waals surface area contributed by atoms with Gasteiger partial charge in [-0.2, -0.15) is 0 Å². The molecule has 0 atom stereocenters. The first-order valence-electron chi connectivity index (χ1n) is 9.45. The maximum Gasteiger partial charge on any atom is 0.512 e. The number of carbonyl (C=O) groups is 1. The minimum atomic E-state index is -4.01. The standard InChI is InChI=1S/C22H17ClN2O6S2/c1-12-9-17(25-33(28,29)16-8-4-6-14(23)11-16)19-18(13-5-3-7-15(10-13)30-2)21(31-22(26)27)32-20(19)24-12/h3-11H,1-2H3,(H,24,25)(H,26,27). The molecule has 2 N–H and O–H groups in total. The topological polar surface area (TPSA) is 115 Å². The number of nitrogens with zero attached hydrogens (tertiary/aromatic N) is 1. The number of methoxy groups -OCH3 is 1. The van der Waals surface area contributed by atoms with Crippen LogP contribution >= 0.6 is 22.9 Å². The third kappa shape index (κ3) is 4.72. The van der Waals surface area contributed by atoms with Gasteiger partial charge in [-0.3, -0.25) is 4.72 Å². The van der Waals surface area contributed by atoms with E-state index in [9.17, 15) is 18.3 Å². The summed E-state index contributed by atoms with van der Waals surface area (Å²) in [7, 11) is -2.50. The molecule has 2 aromatic carbocycles. The van der Waals surface area contributed by atoms with Gasteiger partial charge in [0.25, 0.3) is 10.0 Å². The summed E-state index contributed by atoms with van der Waals surface area (Å²) in [5.74, 6) is 0.536. The first-order valence-corrected chi connectivity index (χ1v) is 12.1. The number of aryl methyl sites for hydroxylation is 1. The van der Waals surface area contributed by atoms with Crippen molar-refractivity contribution in [1.29, 1.82) is 0 Å². The van der Waals surface area contributed by atoms with Crippen molar-refractivity contribution in [2.24, 2.45) is 0 Å². The summed E-state index contributed by atoms with van der Waals surface area (Å²) in [6.45, 7) is 1.71.